The van der Waals surface area contributed by atoms with E-state index in [0.717, 1.165) is 43.5 Å². The number of primary amides is 1. The zero-order valence-corrected chi connectivity index (χ0v) is 13.5. The second kappa shape index (κ2) is 8.79. The van der Waals surface area contributed by atoms with Crippen molar-refractivity contribution in [1.82, 2.24) is 5.32 Å². The largest absolute Gasteiger partial charge is 0.493 e. The summed E-state index contributed by atoms with van der Waals surface area (Å²) >= 11 is 0. The highest BCUT2D eigenvalue weighted by Crippen LogP contribution is 2.23. The van der Waals surface area contributed by atoms with Crippen LogP contribution in [0, 0.1) is 12.8 Å². The molecule has 1 fully saturated rings. The zero-order valence-electron chi connectivity index (χ0n) is 13.5. The van der Waals surface area contributed by atoms with Crippen LogP contribution in [-0.4, -0.2) is 25.1 Å². The number of rotatable bonds is 7. The molecule has 2 atom stereocenters. The molecule has 1 amide bonds. The van der Waals surface area contributed by atoms with E-state index in [2.05, 4.69) is 18.3 Å². The predicted molar refractivity (Wildman–Crippen MR) is 88.9 cm³/mol. The highest BCUT2D eigenvalue weighted by atomic mass is 16.5. The Balaban J connectivity index is 1.70. The quantitative estimate of drug-likeness (QED) is 0.601. The summed E-state index contributed by atoms with van der Waals surface area (Å²) in [5.41, 5.74) is 6.71. The number of benzene rings is 1. The molecular weight excluding hydrogens is 276 g/mol. The predicted octanol–water partition coefficient (Wildman–Crippen LogP) is 2.79. The molecule has 1 saturated carbocycles. The summed E-state index contributed by atoms with van der Waals surface area (Å²) in [4.78, 5) is 11.6. The van der Waals surface area contributed by atoms with Gasteiger partial charge < -0.3 is 15.8 Å². The van der Waals surface area contributed by atoms with Gasteiger partial charge in [-0.1, -0.05) is 37.5 Å². The first kappa shape index (κ1) is 16.8. The molecule has 0 spiro atoms. The molecule has 1 aliphatic carbocycles. The maximum Gasteiger partial charge on any atom is 0.222 e. The number of carbonyl (C=O) groups is 1. The molecule has 0 heterocycles. The second-order valence-electron chi connectivity index (χ2n) is 6.18. The summed E-state index contributed by atoms with van der Waals surface area (Å²) in [7, 11) is 0. The molecule has 0 aromatic heterocycles. The van der Waals surface area contributed by atoms with Gasteiger partial charge in [-0.15, -0.1) is 0 Å². The monoisotopic (exact) mass is 304 g/mol. The molecule has 0 unspecified atom stereocenters. The van der Waals surface area contributed by atoms with Gasteiger partial charge in [0.2, 0.25) is 5.91 Å². The summed E-state index contributed by atoms with van der Waals surface area (Å²) in [5, 5.41) is 3.51. The van der Waals surface area contributed by atoms with Crippen LogP contribution in [0.25, 0.3) is 0 Å². The van der Waals surface area contributed by atoms with Crippen molar-refractivity contribution in [3.8, 4) is 5.75 Å². The fraction of sp³-hybridized carbons (Fsp3) is 0.611. The van der Waals surface area contributed by atoms with Crippen LogP contribution in [0.1, 0.15) is 44.1 Å². The van der Waals surface area contributed by atoms with Crippen molar-refractivity contribution in [2.75, 3.05) is 13.2 Å². The topological polar surface area (TPSA) is 64.3 Å². The van der Waals surface area contributed by atoms with E-state index in [-0.39, 0.29) is 17.9 Å². The van der Waals surface area contributed by atoms with E-state index in [4.69, 9.17) is 10.5 Å². The van der Waals surface area contributed by atoms with E-state index in [1.54, 1.807) is 0 Å². The molecule has 1 aromatic rings. The van der Waals surface area contributed by atoms with E-state index < -0.39 is 0 Å². The lowest BCUT2D eigenvalue weighted by Gasteiger charge is -2.23. The van der Waals surface area contributed by atoms with Gasteiger partial charge in [0.1, 0.15) is 5.75 Å². The number of aryl methyl sites for hydroxylation is 1. The fourth-order valence-corrected chi connectivity index (χ4v) is 3.15. The molecule has 4 nitrogen and oxygen atoms in total. The van der Waals surface area contributed by atoms with Gasteiger partial charge in [-0.05, 0) is 44.4 Å². The Bertz CT molecular complexity index is 476. The van der Waals surface area contributed by atoms with Gasteiger partial charge in [-0.2, -0.15) is 0 Å². The van der Waals surface area contributed by atoms with Gasteiger partial charge in [0.05, 0.1) is 12.5 Å². The fourth-order valence-electron chi connectivity index (χ4n) is 3.15. The van der Waals surface area contributed by atoms with Crippen molar-refractivity contribution in [2.24, 2.45) is 11.7 Å². The molecule has 122 valence electrons. The molecule has 22 heavy (non-hydrogen) atoms. The van der Waals surface area contributed by atoms with Crippen molar-refractivity contribution < 1.29 is 9.53 Å². The Morgan fingerprint density at radius 3 is 2.82 bits per heavy atom. The van der Waals surface area contributed by atoms with Gasteiger partial charge in [0, 0.05) is 6.04 Å². The number of hydrogen-bond donors (Lipinski definition) is 2. The van der Waals surface area contributed by atoms with E-state index in [1.165, 1.54) is 12.8 Å². The van der Waals surface area contributed by atoms with Crippen molar-refractivity contribution in [1.29, 1.82) is 0 Å². The highest BCUT2D eigenvalue weighted by molar-refractivity contribution is 5.77. The number of nitrogens with two attached hydrogens (primary N) is 1. The number of ether oxygens (including phenoxy) is 1. The van der Waals surface area contributed by atoms with Crippen molar-refractivity contribution >= 4 is 5.91 Å². The van der Waals surface area contributed by atoms with Crippen LogP contribution in [0.2, 0.25) is 0 Å². The third-order valence-corrected chi connectivity index (χ3v) is 4.46. The molecule has 4 heteroatoms. The summed E-state index contributed by atoms with van der Waals surface area (Å²) < 4.78 is 5.79. The van der Waals surface area contributed by atoms with Crippen LogP contribution in [0.15, 0.2) is 24.3 Å². The van der Waals surface area contributed by atoms with Gasteiger partial charge in [-0.25, -0.2) is 0 Å². The van der Waals surface area contributed by atoms with Crippen molar-refractivity contribution in [3.05, 3.63) is 29.8 Å². The Labute approximate surface area is 133 Å². The van der Waals surface area contributed by atoms with Gasteiger partial charge in [0.15, 0.2) is 0 Å². The lowest BCUT2D eigenvalue weighted by Crippen LogP contribution is -2.42. The number of nitrogens with one attached hydrogen (secondary N) is 1. The first-order valence-corrected chi connectivity index (χ1v) is 8.39. The molecule has 0 bridgehead atoms. The van der Waals surface area contributed by atoms with E-state index in [0.29, 0.717) is 6.61 Å². The summed E-state index contributed by atoms with van der Waals surface area (Å²) in [5.74, 6) is 0.780. The molecule has 3 N–H and O–H groups in total. The third kappa shape index (κ3) is 5.02. The third-order valence-electron chi connectivity index (χ3n) is 4.46. The number of carbonyl (C=O) groups excluding carboxylic acids is 1. The molecule has 1 aliphatic rings. The number of amides is 1. The summed E-state index contributed by atoms with van der Waals surface area (Å²) in [6, 6.07) is 8.29. The lowest BCUT2D eigenvalue weighted by molar-refractivity contribution is -0.122. The molecule has 0 saturated heterocycles. The van der Waals surface area contributed by atoms with Gasteiger partial charge >= 0.3 is 0 Å². The van der Waals surface area contributed by atoms with Crippen molar-refractivity contribution in [3.63, 3.8) is 0 Å². The van der Waals surface area contributed by atoms with Crippen molar-refractivity contribution in [2.45, 2.75) is 51.5 Å². The summed E-state index contributed by atoms with van der Waals surface area (Å²) in [6.07, 6.45) is 6.40. The Morgan fingerprint density at radius 1 is 1.27 bits per heavy atom. The first-order valence-electron chi connectivity index (χ1n) is 8.39. The van der Waals surface area contributed by atoms with Crippen LogP contribution in [0.3, 0.4) is 0 Å². The number of para-hydroxylation sites is 1. The Hall–Kier alpha value is -1.55. The SMILES string of the molecule is Cc1ccccc1OCCCN[C@H]1CCCCC[C@@H]1C(N)=O. The first-order chi connectivity index (χ1) is 10.7. The standard InChI is InChI=1S/C18H28N2O2/c1-14-8-5-6-11-17(14)22-13-7-12-20-16-10-4-2-3-9-15(16)18(19)21/h5-6,8,11,15-16,20H,2-4,7,9-10,12-13H2,1H3,(H2,19,21)/t15-,16-/m0/s1. The van der Waals surface area contributed by atoms with E-state index in [9.17, 15) is 4.79 Å². The molecule has 2 rings (SSSR count). The second-order valence-corrected chi connectivity index (χ2v) is 6.18. The van der Waals surface area contributed by atoms with Crippen LogP contribution >= 0.6 is 0 Å². The van der Waals surface area contributed by atoms with Gasteiger partial charge in [0.25, 0.3) is 0 Å². The normalized spacial score (nSPS) is 22.0. The average molecular weight is 304 g/mol. The maximum absolute atomic E-state index is 11.6. The summed E-state index contributed by atoms with van der Waals surface area (Å²) in [6.45, 7) is 3.60. The average Bonchev–Trinajstić information content (AvgIpc) is 2.74. The zero-order chi connectivity index (χ0) is 15.8. The smallest absolute Gasteiger partial charge is 0.222 e. The minimum atomic E-state index is -0.157. The van der Waals surface area contributed by atoms with Crippen LogP contribution < -0.4 is 15.8 Å². The van der Waals surface area contributed by atoms with Crippen LogP contribution in [-0.2, 0) is 4.79 Å². The minimum absolute atomic E-state index is 0.0141. The minimum Gasteiger partial charge on any atom is -0.493 e. The maximum atomic E-state index is 11.6. The molecule has 0 radical (unpaired) electrons. The van der Waals surface area contributed by atoms with Crippen LogP contribution in [0.4, 0.5) is 0 Å². The number of hydrogen-bond acceptors (Lipinski definition) is 3. The highest BCUT2D eigenvalue weighted by Gasteiger charge is 2.27. The van der Waals surface area contributed by atoms with Gasteiger partial charge in [-0.3, -0.25) is 4.79 Å². The Kier molecular flexibility index (Phi) is 6.72. The molecular formula is C18H28N2O2. The molecule has 0 aliphatic heterocycles. The van der Waals surface area contributed by atoms with E-state index in [1.807, 2.05) is 18.2 Å². The Morgan fingerprint density at radius 2 is 2.05 bits per heavy atom. The lowest BCUT2D eigenvalue weighted by atomic mass is 9.94. The van der Waals surface area contributed by atoms with E-state index >= 15 is 0 Å². The van der Waals surface area contributed by atoms with Crippen LogP contribution in [0.5, 0.6) is 5.75 Å². The molecule has 1 aromatic carbocycles.